The molecule has 0 aromatic carbocycles. The van der Waals surface area contributed by atoms with Crippen molar-refractivity contribution in [3.05, 3.63) is 0 Å². The minimum Gasteiger partial charge on any atom is -0.352 e. The minimum atomic E-state index is 0.0863. The molecule has 0 bridgehead atoms. The number of carbonyl (C=O) groups excluding carboxylic acids is 1. The molecule has 12 heavy (non-hydrogen) atoms. The SMILES string of the molecule is CCC(C)CC(=O)NC(C)CCl. The number of halogens is 1. The highest BCUT2D eigenvalue weighted by Gasteiger charge is 2.09. The van der Waals surface area contributed by atoms with Gasteiger partial charge in [0.15, 0.2) is 0 Å². The molecule has 3 heteroatoms. The number of carbonyl (C=O) groups is 1. The topological polar surface area (TPSA) is 29.1 Å². The average molecular weight is 192 g/mol. The Bertz CT molecular complexity index is 124. The van der Waals surface area contributed by atoms with Gasteiger partial charge in [-0.3, -0.25) is 4.79 Å². The number of hydrogen-bond donors (Lipinski definition) is 1. The van der Waals surface area contributed by atoms with Crippen molar-refractivity contribution >= 4 is 17.5 Å². The third kappa shape index (κ3) is 5.42. The van der Waals surface area contributed by atoms with Crippen LogP contribution in [0.3, 0.4) is 0 Å². The van der Waals surface area contributed by atoms with Gasteiger partial charge in [-0.05, 0) is 12.8 Å². The van der Waals surface area contributed by atoms with Crippen molar-refractivity contribution in [3.8, 4) is 0 Å². The van der Waals surface area contributed by atoms with Gasteiger partial charge in [0.05, 0.1) is 0 Å². The van der Waals surface area contributed by atoms with E-state index in [0.717, 1.165) is 6.42 Å². The molecular weight excluding hydrogens is 174 g/mol. The van der Waals surface area contributed by atoms with Gasteiger partial charge in [0.25, 0.3) is 0 Å². The summed E-state index contributed by atoms with van der Waals surface area (Å²) in [5.41, 5.74) is 0. The van der Waals surface area contributed by atoms with Crippen molar-refractivity contribution in [1.29, 1.82) is 0 Å². The summed E-state index contributed by atoms with van der Waals surface area (Å²) < 4.78 is 0. The van der Waals surface area contributed by atoms with Gasteiger partial charge < -0.3 is 5.32 Å². The van der Waals surface area contributed by atoms with Crippen LogP contribution in [0.4, 0.5) is 0 Å². The zero-order valence-corrected chi connectivity index (χ0v) is 8.82. The van der Waals surface area contributed by atoms with Gasteiger partial charge in [-0.25, -0.2) is 0 Å². The van der Waals surface area contributed by atoms with E-state index >= 15 is 0 Å². The molecule has 0 aromatic heterocycles. The maximum Gasteiger partial charge on any atom is 0.220 e. The van der Waals surface area contributed by atoms with Crippen molar-refractivity contribution in [1.82, 2.24) is 5.32 Å². The molecule has 0 radical (unpaired) electrons. The van der Waals surface area contributed by atoms with Crippen LogP contribution in [0.25, 0.3) is 0 Å². The van der Waals surface area contributed by atoms with Crippen LogP contribution < -0.4 is 5.32 Å². The van der Waals surface area contributed by atoms with E-state index in [1.165, 1.54) is 0 Å². The van der Waals surface area contributed by atoms with Crippen molar-refractivity contribution in [2.24, 2.45) is 5.92 Å². The second-order valence-electron chi connectivity index (χ2n) is 3.34. The summed E-state index contributed by atoms with van der Waals surface area (Å²) in [6.45, 7) is 6.06. The van der Waals surface area contributed by atoms with Gasteiger partial charge in [0, 0.05) is 18.3 Å². The third-order valence-electron chi connectivity index (χ3n) is 1.87. The number of rotatable bonds is 5. The minimum absolute atomic E-state index is 0.0863. The van der Waals surface area contributed by atoms with Crippen molar-refractivity contribution in [2.45, 2.75) is 39.7 Å². The second-order valence-corrected chi connectivity index (χ2v) is 3.65. The molecule has 0 spiro atoms. The number of amides is 1. The van der Waals surface area contributed by atoms with E-state index in [4.69, 9.17) is 11.6 Å². The first-order valence-corrected chi connectivity index (χ1v) is 4.98. The fourth-order valence-electron chi connectivity index (χ4n) is 0.833. The summed E-state index contributed by atoms with van der Waals surface area (Å²) >= 11 is 5.55. The van der Waals surface area contributed by atoms with Gasteiger partial charge in [-0.1, -0.05) is 20.3 Å². The summed E-state index contributed by atoms with van der Waals surface area (Å²) in [6.07, 6.45) is 1.65. The van der Waals surface area contributed by atoms with Crippen LogP contribution in [0.15, 0.2) is 0 Å². The molecule has 2 atom stereocenters. The summed E-state index contributed by atoms with van der Waals surface area (Å²) in [4.78, 5) is 11.2. The Balaban J connectivity index is 3.59. The zero-order valence-electron chi connectivity index (χ0n) is 8.06. The lowest BCUT2D eigenvalue weighted by Gasteiger charge is -2.12. The molecule has 0 aromatic rings. The fourth-order valence-corrected chi connectivity index (χ4v) is 0.910. The van der Waals surface area contributed by atoms with Crippen LogP contribution in [0.1, 0.15) is 33.6 Å². The molecule has 0 aliphatic carbocycles. The Morgan fingerprint density at radius 3 is 2.50 bits per heavy atom. The zero-order chi connectivity index (χ0) is 9.56. The van der Waals surface area contributed by atoms with Crippen molar-refractivity contribution in [3.63, 3.8) is 0 Å². The van der Waals surface area contributed by atoms with E-state index in [9.17, 15) is 4.79 Å². The largest absolute Gasteiger partial charge is 0.352 e. The average Bonchev–Trinajstić information content (AvgIpc) is 2.03. The Labute approximate surface area is 79.7 Å². The Morgan fingerprint density at radius 2 is 2.08 bits per heavy atom. The van der Waals surface area contributed by atoms with E-state index in [1.807, 2.05) is 6.92 Å². The van der Waals surface area contributed by atoms with Gasteiger partial charge in [-0.2, -0.15) is 0 Å². The first-order valence-electron chi connectivity index (χ1n) is 4.45. The normalized spacial score (nSPS) is 15.3. The number of hydrogen-bond acceptors (Lipinski definition) is 1. The molecule has 2 nitrogen and oxygen atoms in total. The Hall–Kier alpha value is -0.240. The highest BCUT2D eigenvalue weighted by molar-refractivity contribution is 6.18. The molecule has 0 fully saturated rings. The smallest absolute Gasteiger partial charge is 0.220 e. The van der Waals surface area contributed by atoms with E-state index in [2.05, 4.69) is 19.2 Å². The molecule has 2 unspecified atom stereocenters. The molecular formula is C9H18ClNO. The van der Waals surface area contributed by atoms with Crippen LogP contribution in [-0.4, -0.2) is 17.8 Å². The lowest BCUT2D eigenvalue weighted by Crippen LogP contribution is -2.34. The molecule has 0 rings (SSSR count). The summed E-state index contributed by atoms with van der Waals surface area (Å²) in [7, 11) is 0. The van der Waals surface area contributed by atoms with Crippen LogP contribution in [0.5, 0.6) is 0 Å². The molecule has 1 N–H and O–H groups in total. The van der Waals surface area contributed by atoms with Crippen molar-refractivity contribution in [2.75, 3.05) is 5.88 Å². The molecule has 0 aliphatic heterocycles. The molecule has 0 saturated heterocycles. The molecule has 0 aliphatic rings. The van der Waals surface area contributed by atoms with Gasteiger partial charge in [0.2, 0.25) is 5.91 Å². The van der Waals surface area contributed by atoms with Gasteiger partial charge in [-0.15, -0.1) is 11.6 Å². The lowest BCUT2D eigenvalue weighted by molar-refractivity contribution is -0.122. The first kappa shape index (κ1) is 11.8. The monoisotopic (exact) mass is 191 g/mol. The van der Waals surface area contributed by atoms with Gasteiger partial charge >= 0.3 is 0 Å². The summed E-state index contributed by atoms with van der Waals surface area (Å²) in [5, 5.41) is 2.82. The maximum absolute atomic E-state index is 11.2. The van der Waals surface area contributed by atoms with Crippen LogP contribution >= 0.6 is 11.6 Å². The molecule has 1 amide bonds. The van der Waals surface area contributed by atoms with Crippen LogP contribution in [0.2, 0.25) is 0 Å². The van der Waals surface area contributed by atoms with Crippen LogP contribution in [-0.2, 0) is 4.79 Å². The summed E-state index contributed by atoms with van der Waals surface area (Å²) in [6, 6.07) is 0.0863. The van der Waals surface area contributed by atoms with E-state index < -0.39 is 0 Å². The maximum atomic E-state index is 11.2. The third-order valence-corrected chi connectivity index (χ3v) is 2.33. The predicted octanol–water partition coefficient (Wildman–Crippen LogP) is 2.17. The van der Waals surface area contributed by atoms with E-state index in [0.29, 0.717) is 18.2 Å². The molecule has 0 saturated carbocycles. The lowest BCUT2D eigenvalue weighted by atomic mass is 10.0. The predicted molar refractivity (Wildman–Crippen MR) is 52.4 cm³/mol. The highest BCUT2D eigenvalue weighted by atomic mass is 35.5. The second kappa shape index (κ2) is 6.30. The quantitative estimate of drug-likeness (QED) is 0.664. The first-order chi connectivity index (χ1) is 5.60. The van der Waals surface area contributed by atoms with E-state index in [-0.39, 0.29) is 11.9 Å². The molecule has 0 heterocycles. The molecule has 72 valence electrons. The van der Waals surface area contributed by atoms with E-state index in [1.54, 1.807) is 0 Å². The Morgan fingerprint density at radius 1 is 1.50 bits per heavy atom. The Kier molecular flexibility index (Phi) is 6.17. The number of nitrogens with one attached hydrogen (secondary N) is 1. The highest BCUT2D eigenvalue weighted by Crippen LogP contribution is 2.05. The fraction of sp³-hybridized carbons (Fsp3) is 0.889. The summed E-state index contributed by atoms with van der Waals surface area (Å²) in [5.74, 6) is 1.05. The van der Waals surface area contributed by atoms with Crippen molar-refractivity contribution < 1.29 is 4.79 Å². The van der Waals surface area contributed by atoms with Gasteiger partial charge in [0.1, 0.15) is 0 Å². The van der Waals surface area contributed by atoms with Crippen LogP contribution in [0, 0.1) is 5.92 Å². The standard InChI is InChI=1S/C9H18ClNO/c1-4-7(2)5-9(12)11-8(3)6-10/h7-8H,4-6H2,1-3H3,(H,11,12). The number of alkyl halides is 1.